The number of pyridine rings is 1. The van der Waals surface area contributed by atoms with E-state index in [0.29, 0.717) is 0 Å². The van der Waals surface area contributed by atoms with Crippen LogP contribution in [0.4, 0.5) is 11.4 Å². The summed E-state index contributed by atoms with van der Waals surface area (Å²) in [5.41, 5.74) is 2.15. The zero-order valence-corrected chi connectivity index (χ0v) is 9.99. The molecule has 1 aromatic heterocycles. The molecule has 0 saturated carbocycles. The fraction of sp³-hybridized carbons (Fsp3) is 0.133. The van der Waals surface area contributed by atoms with Gasteiger partial charge in [0.25, 0.3) is 0 Å². The number of hydrogen-bond acceptors (Lipinski definition) is 3. The van der Waals surface area contributed by atoms with Crippen LogP contribution >= 0.6 is 0 Å². The molecule has 90 valence electrons. The topological polar surface area (TPSA) is 25.4 Å². The van der Waals surface area contributed by atoms with E-state index in [2.05, 4.69) is 28.1 Å². The molecule has 0 spiro atoms. The summed E-state index contributed by atoms with van der Waals surface area (Å²) in [7, 11) is 0. The molecule has 3 rings (SSSR count). The smallest absolute Gasteiger partial charge is 0.194 e. The molecule has 0 N–H and O–H groups in total. The van der Waals surface area contributed by atoms with Gasteiger partial charge in [0.2, 0.25) is 0 Å². The second-order valence-electron chi connectivity index (χ2n) is 4.06. The highest BCUT2D eigenvalue weighted by Crippen LogP contribution is 2.31. The molecule has 3 heteroatoms. The van der Waals surface area contributed by atoms with Crippen LogP contribution in [0, 0.1) is 0 Å². The van der Waals surface area contributed by atoms with Crippen molar-refractivity contribution in [1.82, 2.24) is 4.98 Å². The lowest BCUT2D eigenvalue weighted by Gasteiger charge is -2.25. The lowest BCUT2D eigenvalue weighted by atomic mass is 10.2. The molecule has 0 fully saturated rings. The number of anilines is 2. The fourth-order valence-corrected chi connectivity index (χ4v) is 2.03. The van der Waals surface area contributed by atoms with Crippen molar-refractivity contribution < 1.29 is 4.74 Å². The number of nitrogens with zero attached hydrogens (tertiary/aromatic N) is 2. The van der Waals surface area contributed by atoms with Crippen LogP contribution in [0.3, 0.4) is 0 Å². The summed E-state index contributed by atoms with van der Waals surface area (Å²) in [6.45, 7) is 0.754. The van der Waals surface area contributed by atoms with Crippen LogP contribution in [0.15, 0.2) is 66.8 Å². The third kappa shape index (κ3) is 2.07. The van der Waals surface area contributed by atoms with Crippen LogP contribution in [0.5, 0.6) is 0 Å². The maximum Gasteiger partial charge on any atom is 0.194 e. The number of aromatic nitrogens is 1. The average Bonchev–Trinajstić information content (AvgIpc) is 2.95. The molecule has 1 aliphatic rings. The molecule has 0 aliphatic carbocycles. The number of para-hydroxylation sites is 1. The Balaban J connectivity index is 2.04. The predicted molar refractivity (Wildman–Crippen MR) is 71.5 cm³/mol. The third-order valence-electron chi connectivity index (χ3n) is 2.84. The molecule has 18 heavy (non-hydrogen) atoms. The molecular formula is C15H14N2O. The monoisotopic (exact) mass is 238 g/mol. The molecular weight excluding hydrogens is 224 g/mol. The van der Waals surface area contributed by atoms with E-state index in [1.54, 1.807) is 12.4 Å². The quantitative estimate of drug-likeness (QED) is 0.818. The van der Waals surface area contributed by atoms with Gasteiger partial charge in [-0.15, -0.1) is 0 Å². The summed E-state index contributed by atoms with van der Waals surface area (Å²) in [6, 6.07) is 14.2. The van der Waals surface area contributed by atoms with E-state index in [1.807, 2.05) is 30.3 Å². The standard InChI is InChI=1S/C15H14N2O/c1-2-5-13(6-3-1)17(15-7-4-12-18-15)14-8-10-16-11-9-14/h1-3,5-11H,4,12H2. The Hall–Kier alpha value is -2.29. The molecule has 0 amide bonds. The van der Waals surface area contributed by atoms with Gasteiger partial charge < -0.3 is 4.74 Å². The minimum Gasteiger partial charge on any atom is -0.478 e. The van der Waals surface area contributed by atoms with Crippen molar-refractivity contribution >= 4 is 11.4 Å². The van der Waals surface area contributed by atoms with Gasteiger partial charge in [0, 0.05) is 24.5 Å². The van der Waals surface area contributed by atoms with Crippen molar-refractivity contribution in [3.05, 3.63) is 66.8 Å². The van der Waals surface area contributed by atoms with E-state index < -0.39 is 0 Å². The average molecular weight is 238 g/mol. The second-order valence-corrected chi connectivity index (χ2v) is 4.06. The maximum atomic E-state index is 5.69. The van der Waals surface area contributed by atoms with E-state index in [-0.39, 0.29) is 0 Å². The molecule has 0 bridgehead atoms. The fourth-order valence-electron chi connectivity index (χ4n) is 2.03. The SMILES string of the molecule is C1=C(N(c2ccccc2)c2ccncc2)OCC1. The summed E-state index contributed by atoms with van der Waals surface area (Å²) in [5.74, 6) is 0.896. The van der Waals surface area contributed by atoms with Gasteiger partial charge in [-0.1, -0.05) is 18.2 Å². The third-order valence-corrected chi connectivity index (χ3v) is 2.84. The lowest BCUT2D eigenvalue weighted by molar-refractivity contribution is 0.241. The van der Waals surface area contributed by atoms with Crippen LogP contribution < -0.4 is 4.90 Å². The zero-order valence-electron chi connectivity index (χ0n) is 9.99. The van der Waals surface area contributed by atoms with Crippen molar-refractivity contribution in [2.45, 2.75) is 6.42 Å². The van der Waals surface area contributed by atoms with Crippen molar-refractivity contribution in [1.29, 1.82) is 0 Å². The van der Waals surface area contributed by atoms with Crippen LogP contribution in [0.2, 0.25) is 0 Å². The first-order chi connectivity index (χ1) is 8.95. The molecule has 2 heterocycles. The van der Waals surface area contributed by atoms with Gasteiger partial charge in [-0.3, -0.25) is 9.88 Å². The van der Waals surface area contributed by atoms with Gasteiger partial charge in [0.05, 0.1) is 12.3 Å². The molecule has 0 radical (unpaired) electrons. The van der Waals surface area contributed by atoms with E-state index in [0.717, 1.165) is 30.3 Å². The Kier molecular flexibility index (Phi) is 2.96. The summed E-state index contributed by atoms with van der Waals surface area (Å²) in [5, 5.41) is 0. The van der Waals surface area contributed by atoms with Gasteiger partial charge in [-0.2, -0.15) is 0 Å². The Bertz CT molecular complexity index is 497. The van der Waals surface area contributed by atoms with Crippen molar-refractivity contribution in [2.24, 2.45) is 0 Å². The highest BCUT2D eigenvalue weighted by Gasteiger charge is 2.18. The number of hydrogen-bond donors (Lipinski definition) is 0. The van der Waals surface area contributed by atoms with Crippen molar-refractivity contribution in [2.75, 3.05) is 11.5 Å². The van der Waals surface area contributed by atoms with E-state index in [1.165, 1.54) is 0 Å². The number of ether oxygens (including phenoxy) is 1. The summed E-state index contributed by atoms with van der Waals surface area (Å²) in [4.78, 5) is 6.17. The Labute approximate surface area is 106 Å². The molecule has 1 aliphatic heterocycles. The van der Waals surface area contributed by atoms with Crippen LogP contribution in [-0.4, -0.2) is 11.6 Å². The molecule has 0 saturated heterocycles. The van der Waals surface area contributed by atoms with E-state index >= 15 is 0 Å². The summed E-state index contributed by atoms with van der Waals surface area (Å²) < 4.78 is 5.69. The first-order valence-electron chi connectivity index (χ1n) is 6.03. The highest BCUT2D eigenvalue weighted by molar-refractivity contribution is 5.67. The van der Waals surface area contributed by atoms with E-state index in [4.69, 9.17) is 4.74 Å². The van der Waals surface area contributed by atoms with Crippen LogP contribution in [0.25, 0.3) is 0 Å². The van der Waals surface area contributed by atoms with Crippen molar-refractivity contribution in [3.8, 4) is 0 Å². The summed E-state index contributed by atoms with van der Waals surface area (Å²) >= 11 is 0. The maximum absolute atomic E-state index is 5.69. The van der Waals surface area contributed by atoms with Gasteiger partial charge in [-0.25, -0.2) is 0 Å². The number of rotatable bonds is 3. The van der Waals surface area contributed by atoms with Gasteiger partial charge >= 0.3 is 0 Å². The van der Waals surface area contributed by atoms with Crippen LogP contribution in [0.1, 0.15) is 6.42 Å². The van der Waals surface area contributed by atoms with Gasteiger partial charge in [0.15, 0.2) is 5.88 Å². The molecule has 0 unspecified atom stereocenters. The largest absolute Gasteiger partial charge is 0.478 e. The summed E-state index contributed by atoms with van der Waals surface area (Å²) in [6.07, 6.45) is 6.67. The Morgan fingerprint density at radius 3 is 2.33 bits per heavy atom. The Morgan fingerprint density at radius 2 is 1.67 bits per heavy atom. The van der Waals surface area contributed by atoms with Gasteiger partial charge in [0.1, 0.15) is 0 Å². The minimum atomic E-state index is 0.754. The first kappa shape index (κ1) is 10.8. The van der Waals surface area contributed by atoms with Gasteiger partial charge in [-0.05, 0) is 30.3 Å². The molecule has 3 nitrogen and oxygen atoms in total. The molecule has 0 atom stereocenters. The molecule has 1 aromatic carbocycles. The highest BCUT2D eigenvalue weighted by atomic mass is 16.5. The molecule has 2 aromatic rings. The lowest BCUT2D eigenvalue weighted by Crippen LogP contribution is -2.16. The minimum absolute atomic E-state index is 0.754. The van der Waals surface area contributed by atoms with Crippen molar-refractivity contribution in [3.63, 3.8) is 0 Å². The van der Waals surface area contributed by atoms with E-state index in [9.17, 15) is 0 Å². The first-order valence-corrected chi connectivity index (χ1v) is 6.03. The zero-order chi connectivity index (χ0) is 12.2. The second kappa shape index (κ2) is 4.92. The number of benzene rings is 1. The normalized spacial score (nSPS) is 13.9. The van der Waals surface area contributed by atoms with Crippen LogP contribution in [-0.2, 0) is 4.74 Å². The predicted octanol–water partition coefficient (Wildman–Crippen LogP) is 3.48. The Morgan fingerprint density at radius 1 is 0.944 bits per heavy atom.